The van der Waals surface area contributed by atoms with Crippen molar-refractivity contribution in [3.63, 3.8) is 0 Å². The Balaban J connectivity index is 1.58. The van der Waals surface area contributed by atoms with E-state index in [0.29, 0.717) is 30.8 Å². The number of H-pyrrole nitrogens is 1. The molecule has 1 saturated heterocycles. The molecule has 0 aromatic carbocycles. The van der Waals surface area contributed by atoms with E-state index in [2.05, 4.69) is 15.0 Å². The zero-order chi connectivity index (χ0) is 16.0. The first-order valence-corrected chi connectivity index (χ1v) is 8.19. The number of aromatic amines is 1. The molecule has 2 aromatic rings. The second-order valence-electron chi connectivity index (χ2n) is 6.69. The average Bonchev–Trinajstić information content (AvgIpc) is 3.10. The first-order valence-electron chi connectivity index (χ1n) is 8.19. The van der Waals surface area contributed by atoms with E-state index in [9.17, 15) is 9.90 Å². The van der Waals surface area contributed by atoms with Gasteiger partial charge in [-0.25, -0.2) is 9.50 Å². The largest absolute Gasteiger partial charge is 0.396 e. The van der Waals surface area contributed by atoms with Crippen LogP contribution >= 0.6 is 0 Å². The molecule has 124 valence electrons. The quantitative estimate of drug-likeness (QED) is 0.851. The highest BCUT2D eigenvalue weighted by molar-refractivity contribution is 5.39. The van der Waals surface area contributed by atoms with E-state index in [1.54, 1.807) is 6.07 Å². The van der Waals surface area contributed by atoms with Gasteiger partial charge in [0.1, 0.15) is 0 Å². The summed E-state index contributed by atoms with van der Waals surface area (Å²) < 4.78 is 7.33. The van der Waals surface area contributed by atoms with Gasteiger partial charge in [-0.05, 0) is 25.7 Å². The smallest absolute Gasteiger partial charge is 0.272 e. The summed E-state index contributed by atoms with van der Waals surface area (Å²) in [6, 6.07) is 3.80. The van der Waals surface area contributed by atoms with Crippen LogP contribution in [0, 0.1) is 12.8 Å². The van der Waals surface area contributed by atoms with Gasteiger partial charge in [-0.15, -0.1) is 0 Å². The molecule has 7 nitrogen and oxygen atoms in total. The van der Waals surface area contributed by atoms with Crippen molar-refractivity contribution >= 4 is 5.65 Å². The normalized spacial score (nSPS) is 28.3. The Morgan fingerprint density at radius 2 is 2.30 bits per heavy atom. The lowest BCUT2D eigenvalue weighted by atomic mass is 10.1. The third-order valence-electron chi connectivity index (χ3n) is 5.00. The van der Waals surface area contributed by atoms with Crippen molar-refractivity contribution in [3.8, 4) is 0 Å². The number of fused-ring (bicyclic) bond motifs is 2. The number of nitrogens with one attached hydrogen (secondary N) is 1. The molecule has 3 atom stereocenters. The number of ether oxygens (including phenoxy) is 1. The summed E-state index contributed by atoms with van der Waals surface area (Å²) in [5, 5.41) is 12.4. The number of rotatable bonds is 3. The topological polar surface area (TPSA) is 82.9 Å². The molecule has 0 amide bonds. The van der Waals surface area contributed by atoms with Crippen LogP contribution in [0.4, 0.5) is 0 Å². The zero-order valence-corrected chi connectivity index (χ0v) is 13.2. The van der Waals surface area contributed by atoms with Crippen LogP contribution in [0.25, 0.3) is 5.65 Å². The molecule has 4 rings (SSSR count). The van der Waals surface area contributed by atoms with E-state index < -0.39 is 0 Å². The van der Waals surface area contributed by atoms with Gasteiger partial charge in [0.25, 0.3) is 5.56 Å². The van der Waals surface area contributed by atoms with Gasteiger partial charge in [-0.2, -0.15) is 0 Å². The summed E-state index contributed by atoms with van der Waals surface area (Å²) in [4.78, 5) is 19.1. The molecule has 0 spiro atoms. The molecule has 23 heavy (non-hydrogen) atoms. The molecule has 3 heterocycles. The first-order chi connectivity index (χ1) is 11.1. The number of aliphatic hydroxyl groups excluding tert-OH is 1. The molecule has 0 bridgehead atoms. The van der Waals surface area contributed by atoms with E-state index >= 15 is 0 Å². The monoisotopic (exact) mass is 318 g/mol. The summed E-state index contributed by atoms with van der Waals surface area (Å²) in [7, 11) is 0. The van der Waals surface area contributed by atoms with Crippen molar-refractivity contribution in [1.29, 1.82) is 0 Å². The van der Waals surface area contributed by atoms with Crippen LogP contribution in [0.1, 0.15) is 24.2 Å². The van der Waals surface area contributed by atoms with Gasteiger partial charge in [0.15, 0.2) is 5.65 Å². The Bertz CT molecular complexity index is 768. The fourth-order valence-electron chi connectivity index (χ4n) is 3.92. The number of hydrogen-bond donors (Lipinski definition) is 2. The van der Waals surface area contributed by atoms with Crippen molar-refractivity contribution in [2.75, 3.05) is 19.8 Å². The Morgan fingerprint density at radius 3 is 3.13 bits per heavy atom. The Hall–Kier alpha value is -1.70. The molecule has 2 fully saturated rings. The third kappa shape index (κ3) is 2.69. The second kappa shape index (κ2) is 5.74. The standard InChI is InChI=1S/C16H22N4O3/c1-10-4-15-17-12(7-16(22)20(15)18-10)8-19-2-3-23-14-6-11(9-21)5-13(14)19/h4,7,11,13-14,18,21H,2-3,5-6,8-9H2,1H3/t11-,13+,14+/m1/s1. The van der Waals surface area contributed by atoms with E-state index in [-0.39, 0.29) is 18.3 Å². The van der Waals surface area contributed by atoms with Crippen molar-refractivity contribution in [2.45, 2.75) is 38.5 Å². The Morgan fingerprint density at radius 1 is 1.43 bits per heavy atom. The van der Waals surface area contributed by atoms with Gasteiger partial charge >= 0.3 is 0 Å². The van der Waals surface area contributed by atoms with Crippen LogP contribution < -0.4 is 5.56 Å². The lowest BCUT2D eigenvalue weighted by Crippen LogP contribution is -2.48. The fourth-order valence-corrected chi connectivity index (χ4v) is 3.92. The predicted molar refractivity (Wildman–Crippen MR) is 84.3 cm³/mol. The maximum atomic E-state index is 12.2. The fraction of sp³-hybridized carbons (Fsp3) is 0.625. The third-order valence-corrected chi connectivity index (χ3v) is 5.00. The SMILES string of the molecule is Cc1cc2nc(CN3CCO[C@H]4C[C@H](CO)C[C@@H]43)cc(=O)n2[nH]1. The van der Waals surface area contributed by atoms with Crippen LogP contribution in [0.2, 0.25) is 0 Å². The molecule has 2 aromatic heterocycles. The summed E-state index contributed by atoms with van der Waals surface area (Å²) in [5.74, 6) is 0.319. The van der Waals surface area contributed by atoms with Gasteiger partial charge in [-0.1, -0.05) is 0 Å². The van der Waals surface area contributed by atoms with Gasteiger partial charge < -0.3 is 9.84 Å². The summed E-state index contributed by atoms with van der Waals surface area (Å²) in [6.45, 7) is 4.32. The lowest BCUT2D eigenvalue weighted by Gasteiger charge is -2.37. The maximum absolute atomic E-state index is 12.2. The molecule has 1 aliphatic heterocycles. The minimum Gasteiger partial charge on any atom is -0.396 e. The molecule has 1 saturated carbocycles. The number of aryl methyl sites for hydroxylation is 1. The molecule has 2 N–H and O–H groups in total. The van der Waals surface area contributed by atoms with Crippen LogP contribution in [-0.2, 0) is 11.3 Å². The molecular weight excluding hydrogens is 296 g/mol. The molecule has 7 heteroatoms. The number of aromatic nitrogens is 3. The minimum absolute atomic E-state index is 0.0810. The molecule has 0 radical (unpaired) electrons. The van der Waals surface area contributed by atoms with Gasteiger partial charge in [0, 0.05) is 43.6 Å². The van der Waals surface area contributed by atoms with Crippen molar-refractivity contribution in [2.24, 2.45) is 5.92 Å². The zero-order valence-electron chi connectivity index (χ0n) is 13.2. The number of nitrogens with zero attached hydrogens (tertiary/aromatic N) is 3. The van der Waals surface area contributed by atoms with Crippen LogP contribution in [-0.4, -0.2) is 56.5 Å². The second-order valence-corrected chi connectivity index (χ2v) is 6.69. The van der Waals surface area contributed by atoms with Gasteiger partial charge in [0.2, 0.25) is 0 Å². The van der Waals surface area contributed by atoms with E-state index in [4.69, 9.17) is 4.74 Å². The van der Waals surface area contributed by atoms with E-state index in [0.717, 1.165) is 30.8 Å². The highest BCUT2D eigenvalue weighted by atomic mass is 16.5. The Kier molecular flexibility index (Phi) is 3.71. The number of aliphatic hydroxyl groups is 1. The molecular formula is C16H22N4O3. The van der Waals surface area contributed by atoms with E-state index in [1.807, 2.05) is 13.0 Å². The molecule has 2 aliphatic rings. The number of morpholine rings is 1. The Labute approximate surface area is 133 Å². The summed E-state index contributed by atoms with van der Waals surface area (Å²) >= 11 is 0. The van der Waals surface area contributed by atoms with Crippen LogP contribution in [0.15, 0.2) is 16.9 Å². The summed E-state index contributed by atoms with van der Waals surface area (Å²) in [6.07, 6.45) is 2.07. The average molecular weight is 318 g/mol. The van der Waals surface area contributed by atoms with Gasteiger partial charge in [-0.3, -0.25) is 14.8 Å². The van der Waals surface area contributed by atoms with Crippen molar-refractivity contribution in [1.82, 2.24) is 19.5 Å². The van der Waals surface area contributed by atoms with Crippen LogP contribution in [0.5, 0.6) is 0 Å². The van der Waals surface area contributed by atoms with E-state index in [1.165, 1.54) is 4.52 Å². The minimum atomic E-state index is -0.0810. The lowest BCUT2D eigenvalue weighted by molar-refractivity contribution is -0.0594. The number of hydrogen-bond acceptors (Lipinski definition) is 5. The predicted octanol–water partition coefficient (Wildman–Crippen LogP) is 0.303. The van der Waals surface area contributed by atoms with Crippen LogP contribution in [0.3, 0.4) is 0 Å². The maximum Gasteiger partial charge on any atom is 0.272 e. The summed E-state index contributed by atoms with van der Waals surface area (Å²) in [5.41, 5.74) is 2.29. The van der Waals surface area contributed by atoms with Gasteiger partial charge in [0.05, 0.1) is 18.4 Å². The highest BCUT2D eigenvalue weighted by Crippen LogP contribution is 2.34. The van der Waals surface area contributed by atoms with Crippen molar-refractivity contribution < 1.29 is 9.84 Å². The first kappa shape index (κ1) is 14.9. The van der Waals surface area contributed by atoms with Crippen molar-refractivity contribution in [3.05, 3.63) is 33.9 Å². The molecule has 1 aliphatic carbocycles. The molecule has 0 unspecified atom stereocenters. The highest BCUT2D eigenvalue weighted by Gasteiger charge is 2.40.